The van der Waals surface area contributed by atoms with Crippen LogP contribution in [0.2, 0.25) is 0 Å². The van der Waals surface area contributed by atoms with E-state index in [0.717, 1.165) is 27.8 Å². The Hall–Kier alpha value is -3.28. The number of fused-ring (bicyclic) bond motifs is 1. The molecule has 0 aliphatic heterocycles. The maximum Gasteiger partial charge on any atom is 0.306 e. The molecule has 146 valence electrons. The molecular weight excluding hydrogens is 356 g/mol. The number of aromatic nitrogens is 1. The predicted octanol–water partition coefficient (Wildman–Crippen LogP) is 3.36. The van der Waals surface area contributed by atoms with Crippen molar-refractivity contribution in [2.75, 3.05) is 7.11 Å². The first-order valence-electron chi connectivity index (χ1n) is 9.22. The number of rotatable bonds is 8. The minimum atomic E-state index is -0.839. The second kappa shape index (κ2) is 9.08. The third-order valence-corrected chi connectivity index (χ3v) is 4.58. The number of para-hydroxylation sites is 1. The standard InChI is InChI=1S/C22H24N2O4/c1-15(22(26)24-13-16-7-10-18(27-2)11-8-16)28-21(25)12-9-17-14-23-20-6-4-3-5-19(17)20/h3-8,10-11,14-15,23H,9,12-13H2,1-2H3,(H,24,26)/t15-/m0/s1. The summed E-state index contributed by atoms with van der Waals surface area (Å²) in [4.78, 5) is 27.5. The molecule has 2 aromatic carbocycles. The third kappa shape index (κ3) is 4.91. The van der Waals surface area contributed by atoms with Crippen LogP contribution in [0.1, 0.15) is 24.5 Å². The average molecular weight is 380 g/mol. The lowest BCUT2D eigenvalue weighted by Crippen LogP contribution is -2.35. The molecule has 0 saturated carbocycles. The Labute approximate surface area is 163 Å². The summed E-state index contributed by atoms with van der Waals surface area (Å²) in [5, 5.41) is 3.87. The number of esters is 1. The fourth-order valence-corrected chi connectivity index (χ4v) is 2.96. The zero-order chi connectivity index (χ0) is 19.9. The van der Waals surface area contributed by atoms with Gasteiger partial charge in [-0.2, -0.15) is 0 Å². The summed E-state index contributed by atoms with van der Waals surface area (Å²) in [6.07, 6.45) is 1.85. The molecule has 0 aliphatic rings. The highest BCUT2D eigenvalue weighted by Gasteiger charge is 2.17. The number of carbonyl (C=O) groups is 2. The van der Waals surface area contributed by atoms with Gasteiger partial charge in [0.2, 0.25) is 0 Å². The monoisotopic (exact) mass is 380 g/mol. The Bertz CT molecular complexity index is 947. The molecule has 0 spiro atoms. The van der Waals surface area contributed by atoms with Gasteiger partial charge < -0.3 is 19.8 Å². The van der Waals surface area contributed by atoms with Gasteiger partial charge in [0.15, 0.2) is 6.10 Å². The van der Waals surface area contributed by atoms with E-state index in [-0.39, 0.29) is 12.3 Å². The number of H-pyrrole nitrogens is 1. The number of hydrogen-bond acceptors (Lipinski definition) is 4. The van der Waals surface area contributed by atoms with Gasteiger partial charge >= 0.3 is 5.97 Å². The van der Waals surface area contributed by atoms with E-state index >= 15 is 0 Å². The van der Waals surface area contributed by atoms with Gasteiger partial charge in [0.1, 0.15) is 5.75 Å². The number of ether oxygens (including phenoxy) is 2. The third-order valence-electron chi connectivity index (χ3n) is 4.58. The summed E-state index contributed by atoms with van der Waals surface area (Å²) in [7, 11) is 1.60. The fraction of sp³-hybridized carbons (Fsp3) is 0.273. The van der Waals surface area contributed by atoms with Crippen LogP contribution in [0.15, 0.2) is 54.7 Å². The zero-order valence-corrected chi connectivity index (χ0v) is 16.0. The first-order valence-corrected chi connectivity index (χ1v) is 9.22. The molecule has 0 bridgehead atoms. The Morgan fingerprint density at radius 1 is 1.11 bits per heavy atom. The number of amides is 1. The highest BCUT2D eigenvalue weighted by molar-refractivity contribution is 5.85. The number of aromatic amines is 1. The Balaban J connectivity index is 1.44. The van der Waals surface area contributed by atoms with E-state index in [1.165, 1.54) is 0 Å². The normalized spacial score (nSPS) is 11.8. The molecule has 1 heterocycles. The van der Waals surface area contributed by atoms with Gasteiger partial charge in [0.25, 0.3) is 5.91 Å². The van der Waals surface area contributed by atoms with Gasteiger partial charge in [0.05, 0.1) is 7.11 Å². The molecule has 6 nitrogen and oxygen atoms in total. The lowest BCUT2D eigenvalue weighted by atomic mass is 10.1. The van der Waals surface area contributed by atoms with Crippen molar-refractivity contribution in [3.05, 3.63) is 65.9 Å². The lowest BCUT2D eigenvalue weighted by molar-refractivity contribution is -0.154. The largest absolute Gasteiger partial charge is 0.497 e. The quantitative estimate of drug-likeness (QED) is 0.587. The number of methoxy groups -OCH3 is 1. The van der Waals surface area contributed by atoms with Crippen LogP contribution in [0.3, 0.4) is 0 Å². The molecule has 1 aromatic heterocycles. The van der Waals surface area contributed by atoms with Crippen molar-refractivity contribution in [3.8, 4) is 5.75 Å². The highest BCUT2D eigenvalue weighted by atomic mass is 16.5. The summed E-state index contributed by atoms with van der Waals surface area (Å²) in [5.41, 5.74) is 3.04. The molecule has 0 radical (unpaired) electrons. The number of benzene rings is 2. The van der Waals surface area contributed by atoms with Crippen LogP contribution in [0.25, 0.3) is 10.9 Å². The molecule has 3 rings (SSSR count). The molecule has 28 heavy (non-hydrogen) atoms. The molecule has 1 atom stereocenters. The van der Waals surface area contributed by atoms with Gasteiger partial charge in [-0.3, -0.25) is 9.59 Å². The smallest absolute Gasteiger partial charge is 0.306 e. The summed E-state index contributed by atoms with van der Waals surface area (Å²) >= 11 is 0. The van der Waals surface area contributed by atoms with E-state index in [4.69, 9.17) is 9.47 Å². The van der Waals surface area contributed by atoms with Crippen LogP contribution >= 0.6 is 0 Å². The van der Waals surface area contributed by atoms with Crippen LogP contribution in [0, 0.1) is 0 Å². The van der Waals surface area contributed by atoms with Crippen LogP contribution in [0.5, 0.6) is 5.75 Å². The lowest BCUT2D eigenvalue weighted by Gasteiger charge is -2.13. The van der Waals surface area contributed by atoms with Crippen molar-refractivity contribution in [2.45, 2.75) is 32.4 Å². The predicted molar refractivity (Wildman–Crippen MR) is 107 cm³/mol. The highest BCUT2D eigenvalue weighted by Crippen LogP contribution is 2.19. The van der Waals surface area contributed by atoms with Crippen LogP contribution < -0.4 is 10.1 Å². The number of nitrogens with one attached hydrogen (secondary N) is 2. The Morgan fingerprint density at radius 2 is 1.86 bits per heavy atom. The molecule has 0 saturated heterocycles. The van der Waals surface area contributed by atoms with Gasteiger partial charge in [-0.1, -0.05) is 30.3 Å². The fourth-order valence-electron chi connectivity index (χ4n) is 2.96. The first-order chi connectivity index (χ1) is 13.6. The van der Waals surface area contributed by atoms with Crippen molar-refractivity contribution in [1.29, 1.82) is 0 Å². The topological polar surface area (TPSA) is 80.4 Å². The van der Waals surface area contributed by atoms with Gasteiger partial charge in [0, 0.05) is 30.1 Å². The van der Waals surface area contributed by atoms with Crippen molar-refractivity contribution < 1.29 is 19.1 Å². The van der Waals surface area contributed by atoms with Crippen molar-refractivity contribution in [3.63, 3.8) is 0 Å². The summed E-state index contributed by atoms with van der Waals surface area (Å²) in [6.45, 7) is 1.94. The number of carbonyl (C=O) groups excluding carboxylic acids is 2. The van der Waals surface area contributed by atoms with Crippen LogP contribution in [0.4, 0.5) is 0 Å². The van der Waals surface area contributed by atoms with Crippen molar-refractivity contribution in [2.24, 2.45) is 0 Å². The van der Waals surface area contributed by atoms with E-state index in [1.807, 2.05) is 54.7 Å². The second-order valence-corrected chi connectivity index (χ2v) is 6.56. The maximum atomic E-state index is 12.2. The maximum absolute atomic E-state index is 12.2. The molecule has 0 unspecified atom stereocenters. The van der Waals surface area contributed by atoms with E-state index in [0.29, 0.717) is 13.0 Å². The average Bonchev–Trinajstić information content (AvgIpc) is 3.14. The summed E-state index contributed by atoms with van der Waals surface area (Å²) in [6, 6.07) is 15.3. The Kier molecular flexibility index (Phi) is 6.32. The Morgan fingerprint density at radius 3 is 2.61 bits per heavy atom. The molecule has 0 fully saturated rings. The van der Waals surface area contributed by atoms with E-state index in [1.54, 1.807) is 14.0 Å². The minimum absolute atomic E-state index is 0.220. The molecule has 1 amide bonds. The first kappa shape index (κ1) is 19.5. The minimum Gasteiger partial charge on any atom is -0.497 e. The van der Waals surface area contributed by atoms with Crippen molar-refractivity contribution in [1.82, 2.24) is 10.3 Å². The molecule has 3 aromatic rings. The molecular formula is C22H24N2O4. The van der Waals surface area contributed by atoms with Gasteiger partial charge in [-0.15, -0.1) is 0 Å². The molecule has 6 heteroatoms. The van der Waals surface area contributed by atoms with Crippen molar-refractivity contribution >= 4 is 22.8 Å². The van der Waals surface area contributed by atoms with Gasteiger partial charge in [-0.05, 0) is 42.7 Å². The SMILES string of the molecule is COc1ccc(CNC(=O)[C@H](C)OC(=O)CCc2c[nH]c3ccccc23)cc1. The van der Waals surface area contributed by atoms with E-state index in [2.05, 4.69) is 10.3 Å². The van der Waals surface area contributed by atoms with Crippen LogP contribution in [-0.2, 0) is 27.3 Å². The van der Waals surface area contributed by atoms with Gasteiger partial charge in [-0.25, -0.2) is 0 Å². The van der Waals surface area contributed by atoms with Crippen LogP contribution in [-0.4, -0.2) is 30.1 Å². The summed E-state index contributed by atoms with van der Waals surface area (Å²) < 4.78 is 10.4. The second-order valence-electron chi connectivity index (χ2n) is 6.56. The van der Waals surface area contributed by atoms with E-state index < -0.39 is 12.1 Å². The zero-order valence-electron chi connectivity index (χ0n) is 16.0. The molecule has 2 N–H and O–H groups in total. The van der Waals surface area contributed by atoms with E-state index in [9.17, 15) is 9.59 Å². The molecule has 0 aliphatic carbocycles. The number of hydrogen-bond donors (Lipinski definition) is 2. The summed E-state index contributed by atoms with van der Waals surface area (Å²) in [5.74, 6) is 0.0428. The number of aryl methyl sites for hydroxylation is 1.